The summed E-state index contributed by atoms with van der Waals surface area (Å²) in [6, 6.07) is 3.05. The zero-order valence-electron chi connectivity index (χ0n) is 15.7. The number of hydrogen-bond acceptors (Lipinski definition) is 7. The largest absolute Gasteiger partial charge is 0.378 e. The number of hydrogen-bond donors (Lipinski definition) is 0. The summed E-state index contributed by atoms with van der Waals surface area (Å²) in [6.45, 7) is 6.36. The molecule has 2 fully saturated rings. The smallest absolute Gasteiger partial charge is 0.230 e. The lowest BCUT2D eigenvalue weighted by Crippen LogP contribution is -2.38. The zero-order valence-corrected chi connectivity index (χ0v) is 15.7. The Morgan fingerprint density at radius 3 is 2.07 bits per heavy atom. The minimum atomic E-state index is -0.325. The number of ether oxygens (including phenoxy) is 1. The molecular weight excluding hydrogens is 347 g/mol. The molecule has 0 aliphatic carbocycles. The van der Waals surface area contributed by atoms with Crippen LogP contribution in [0.5, 0.6) is 0 Å². The summed E-state index contributed by atoms with van der Waals surface area (Å²) in [5, 5.41) is 0. The van der Waals surface area contributed by atoms with Crippen molar-refractivity contribution in [3.8, 4) is 11.5 Å². The average molecular weight is 372 g/mol. The van der Waals surface area contributed by atoms with Gasteiger partial charge >= 0.3 is 0 Å². The first-order chi connectivity index (χ1) is 13.2. The van der Waals surface area contributed by atoms with Crippen molar-refractivity contribution in [1.82, 2.24) is 19.9 Å². The molecule has 4 heterocycles. The molecule has 2 aromatic rings. The summed E-state index contributed by atoms with van der Waals surface area (Å²) in [6.07, 6.45) is 4.76. The van der Waals surface area contributed by atoms with E-state index in [0.29, 0.717) is 42.3 Å². The van der Waals surface area contributed by atoms with Gasteiger partial charge in [0.15, 0.2) is 5.82 Å². The SMILES string of the molecule is Cc1nc(-c2nc(N3CCCCCC3)nc(N3CCOCC3)n2)ccc1F. The number of morpholine rings is 1. The second kappa shape index (κ2) is 8.12. The summed E-state index contributed by atoms with van der Waals surface area (Å²) < 4.78 is 19.1. The fourth-order valence-electron chi connectivity index (χ4n) is 3.45. The van der Waals surface area contributed by atoms with E-state index in [-0.39, 0.29) is 5.82 Å². The first-order valence-electron chi connectivity index (χ1n) is 9.68. The number of anilines is 2. The number of rotatable bonds is 3. The van der Waals surface area contributed by atoms with Crippen LogP contribution in [0.4, 0.5) is 16.3 Å². The molecule has 0 bridgehead atoms. The monoisotopic (exact) mass is 372 g/mol. The Hall–Kier alpha value is -2.35. The first-order valence-corrected chi connectivity index (χ1v) is 9.68. The molecule has 144 valence electrons. The van der Waals surface area contributed by atoms with E-state index in [1.54, 1.807) is 13.0 Å². The predicted octanol–water partition coefficient (Wildman–Crippen LogP) is 2.60. The highest BCUT2D eigenvalue weighted by molar-refractivity contribution is 5.55. The molecular formula is C19H25FN6O. The highest BCUT2D eigenvalue weighted by Crippen LogP contribution is 2.23. The maximum atomic E-state index is 13.7. The molecule has 0 spiro atoms. The van der Waals surface area contributed by atoms with Crippen LogP contribution in [0, 0.1) is 12.7 Å². The second-order valence-corrected chi connectivity index (χ2v) is 7.02. The van der Waals surface area contributed by atoms with Crippen molar-refractivity contribution in [2.75, 3.05) is 49.2 Å². The van der Waals surface area contributed by atoms with E-state index < -0.39 is 0 Å². The normalized spacial score (nSPS) is 18.4. The Bertz CT molecular complexity index is 788. The van der Waals surface area contributed by atoms with E-state index >= 15 is 0 Å². The van der Waals surface area contributed by atoms with Gasteiger partial charge in [-0.2, -0.15) is 15.0 Å². The molecule has 0 N–H and O–H groups in total. The van der Waals surface area contributed by atoms with Crippen LogP contribution in [0.2, 0.25) is 0 Å². The molecule has 8 heteroatoms. The van der Waals surface area contributed by atoms with Gasteiger partial charge in [-0.15, -0.1) is 0 Å². The summed E-state index contributed by atoms with van der Waals surface area (Å²) in [5.41, 5.74) is 0.916. The third-order valence-electron chi connectivity index (χ3n) is 5.05. The molecule has 2 aliphatic heterocycles. The Balaban J connectivity index is 1.74. The third kappa shape index (κ3) is 4.16. The molecule has 0 amide bonds. The van der Waals surface area contributed by atoms with Crippen LogP contribution in [0.1, 0.15) is 31.4 Å². The van der Waals surface area contributed by atoms with E-state index in [0.717, 1.165) is 39.0 Å². The van der Waals surface area contributed by atoms with Gasteiger partial charge in [-0.3, -0.25) is 0 Å². The quantitative estimate of drug-likeness (QED) is 0.820. The van der Waals surface area contributed by atoms with Crippen molar-refractivity contribution >= 4 is 11.9 Å². The molecule has 2 aliphatic rings. The summed E-state index contributed by atoms with van der Waals surface area (Å²) >= 11 is 0. The topological polar surface area (TPSA) is 67.3 Å². The number of pyridine rings is 1. The average Bonchev–Trinajstić information content (AvgIpc) is 3.00. The molecule has 7 nitrogen and oxygen atoms in total. The summed E-state index contributed by atoms with van der Waals surface area (Å²) in [4.78, 5) is 22.8. The van der Waals surface area contributed by atoms with Gasteiger partial charge in [-0.1, -0.05) is 12.8 Å². The van der Waals surface area contributed by atoms with Crippen molar-refractivity contribution in [3.05, 3.63) is 23.6 Å². The number of nitrogens with zero attached hydrogens (tertiary/aromatic N) is 6. The Labute approximate surface area is 158 Å². The second-order valence-electron chi connectivity index (χ2n) is 7.02. The number of aromatic nitrogens is 4. The lowest BCUT2D eigenvalue weighted by molar-refractivity contribution is 0.122. The lowest BCUT2D eigenvalue weighted by Gasteiger charge is -2.28. The molecule has 2 aromatic heterocycles. The third-order valence-corrected chi connectivity index (χ3v) is 5.05. The fraction of sp³-hybridized carbons (Fsp3) is 0.579. The van der Waals surface area contributed by atoms with Crippen LogP contribution < -0.4 is 9.80 Å². The molecule has 0 radical (unpaired) electrons. The molecule has 0 atom stereocenters. The van der Waals surface area contributed by atoms with E-state index in [9.17, 15) is 4.39 Å². The van der Waals surface area contributed by atoms with E-state index in [1.807, 2.05) is 0 Å². The van der Waals surface area contributed by atoms with Crippen molar-refractivity contribution in [2.45, 2.75) is 32.6 Å². The lowest BCUT2D eigenvalue weighted by atomic mass is 10.2. The van der Waals surface area contributed by atoms with Crippen LogP contribution in [-0.4, -0.2) is 59.3 Å². The Morgan fingerprint density at radius 2 is 1.44 bits per heavy atom. The van der Waals surface area contributed by atoms with Crippen LogP contribution >= 0.6 is 0 Å². The Kier molecular flexibility index (Phi) is 5.42. The van der Waals surface area contributed by atoms with Crippen molar-refractivity contribution < 1.29 is 9.13 Å². The molecule has 4 rings (SSSR count). The molecule has 0 aromatic carbocycles. The first kappa shape index (κ1) is 18.0. The molecule has 2 saturated heterocycles. The van der Waals surface area contributed by atoms with Crippen LogP contribution in [-0.2, 0) is 4.74 Å². The molecule has 27 heavy (non-hydrogen) atoms. The standard InChI is InChI=1S/C19H25FN6O/c1-14-15(20)6-7-16(21-14)17-22-18(25-8-4-2-3-5-9-25)24-19(23-17)26-10-12-27-13-11-26/h6-7H,2-5,8-13H2,1H3. The van der Waals surface area contributed by atoms with Gasteiger partial charge < -0.3 is 14.5 Å². The van der Waals surface area contributed by atoms with Crippen LogP contribution in [0.3, 0.4) is 0 Å². The van der Waals surface area contributed by atoms with Crippen molar-refractivity contribution in [3.63, 3.8) is 0 Å². The van der Waals surface area contributed by atoms with E-state index in [4.69, 9.17) is 14.7 Å². The highest BCUT2D eigenvalue weighted by atomic mass is 19.1. The fourth-order valence-corrected chi connectivity index (χ4v) is 3.45. The Morgan fingerprint density at radius 1 is 0.815 bits per heavy atom. The van der Waals surface area contributed by atoms with Gasteiger partial charge in [-0.25, -0.2) is 9.37 Å². The van der Waals surface area contributed by atoms with E-state index in [1.165, 1.54) is 18.9 Å². The maximum Gasteiger partial charge on any atom is 0.230 e. The van der Waals surface area contributed by atoms with Gasteiger partial charge in [-0.05, 0) is 31.9 Å². The summed E-state index contributed by atoms with van der Waals surface area (Å²) in [5.74, 6) is 1.50. The number of aryl methyl sites for hydroxylation is 1. The van der Waals surface area contributed by atoms with Gasteiger partial charge in [0.05, 0.1) is 18.9 Å². The van der Waals surface area contributed by atoms with Gasteiger partial charge in [0.25, 0.3) is 0 Å². The molecule has 0 unspecified atom stereocenters. The summed E-state index contributed by atoms with van der Waals surface area (Å²) in [7, 11) is 0. The van der Waals surface area contributed by atoms with Crippen molar-refractivity contribution in [2.24, 2.45) is 0 Å². The predicted molar refractivity (Wildman–Crippen MR) is 101 cm³/mol. The van der Waals surface area contributed by atoms with Gasteiger partial charge in [0, 0.05) is 26.2 Å². The van der Waals surface area contributed by atoms with Crippen LogP contribution in [0.25, 0.3) is 11.5 Å². The minimum absolute atomic E-state index is 0.325. The van der Waals surface area contributed by atoms with Crippen LogP contribution in [0.15, 0.2) is 12.1 Å². The molecule has 0 saturated carbocycles. The zero-order chi connectivity index (χ0) is 18.6. The minimum Gasteiger partial charge on any atom is -0.378 e. The number of halogens is 1. The maximum absolute atomic E-state index is 13.7. The van der Waals surface area contributed by atoms with Crippen molar-refractivity contribution in [1.29, 1.82) is 0 Å². The van der Waals surface area contributed by atoms with Gasteiger partial charge in [0.1, 0.15) is 11.5 Å². The van der Waals surface area contributed by atoms with Gasteiger partial charge in [0.2, 0.25) is 11.9 Å². The highest BCUT2D eigenvalue weighted by Gasteiger charge is 2.21. The van der Waals surface area contributed by atoms with E-state index in [2.05, 4.69) is 19.8 Å².